The molecular formula is C9H4F13IO2. The van der Waals surface area contributed by atoms with Crippen molar-refractivity contribution in [2.24, 2.45) is 0 Å². The Hall–Kier alpha value is -0.710. The van der Waals surface area contributed by atoms with Crippen LogP contribution in [0.1, 0.15) is 6.42 Å². The lowest BCUT2D eigenvalue weighted by molar-refractivity contribution is -0.440. The van der Waals surface area contributed by atoms with E-state index in [9.17, 15) is 61.9 Å². The molecule has 0 aromatic heterocycles. The fourth-order valence-corrected chi connectivity index (χ4v) is 1.80. The van der Waals surface area contributed by atoms with Crippen LogP contribution in [0.4, 0.5) is 57.1 Å². The summed E-state index contributed by atoms with van der Waals surface area (Å²) in [5, 5.41) is 8.22. The number of carbonyl (C=O) groups is 1. The van der Waals surface area contributed by atoms with E-state index in [1.165, 1.54) is 0 Å². The van der Waals surface area contributed by atoms with Gasteiger partial charge < -0.3 is 5.11 Å². The zero-order chi connectivity index (χ0) is 20.9. The summed E-state index contributed by atoms with van der Waals surface area (Å²) < 4.78 is 162. The second kappa shape index (κ2) is 6.47. The third-order valence-electron chi connectivity index (χ3n) is 2.70. The molecule has 0 radical (unpaired) electrons. The van der Waals surface area contributed by atoms with Crippen molar-refractivity contribution in [2.75, 3.05) is 0 Å². The van der Waals surface area contributed by atoms with Gasteiger partial charge in [0.1, 0.15) is 3.92 Å². The van der Waals surface area contributed by atoms with Gasteiger partial charge in [0.15, 0.2) is 0 Å². The Morgan fingerprint density at radius 3 is 1.32 bits per heavy atom. The normalized spacial score (nSPS) is 16.7. The largest absolute Gasteiger partial charge is 0.480 e. The van der Waals surface area contributed by atoms with Crippen molar-refractivity contribution in [2.45, 2.75) is 46.1 Å². The summed E-state index contributed by atoms with van der Waals surface area (Å²) in [4.78, 5) is 10.3. The number of carboxylic acid groups (broad SMARTS) is 1. The van der Waals surface area contributed by atoms with Gasteiger partial charge in [-0.1, -0.05) is 22.6 Å². The summed E-state index contributed by atoms with van der Waals surface area (Å²) in [6, 6.07) is 0. The van der Waals surface area contributed by atoms with Gasteiger partial charge in [-0.3, -0.25) is 4.79 Å². The van der Waals surface area contributed by atoms with Gasteiger partial charge in [-0.05, 0) is 0 Å². The molecule has 0 heterocycles. The predicted molar refractivity (Wildman–Crippen MR) is 60.9 cm³/mol. The number of carboxylic acids is 1. The van der Waals surface area contributed by atoms with Crippen molar-refractivity contribution >= 4 is 28.6 Å². The van der Waals surface area contributed by atoms with E-state index in [0.29, 0.717) is 22.6 Å². The monoisotopic (exact) mass is 518 g/mol. The molecule has 1 atom stereocenters. The maximum Gasteiger partial charge on any atom is 0.460 e. The molecule has 2 nitrogen and oxygen atoms in total. The van der Waals surface area contributed by atoms with Crippen molar-refractivity contribution in [1.29, 1.82) is 0 Å². The Bertz CT molecular complexity index is 512. The molecule has 0 aliphatic heterocycles. The number of hydrogen-bond donors (Lipinski definition) is 1. The average Bonchev–Trinajstić information content (AvgIpc) is 2.35. The van der Waals surface area contributed by atoms with Crippen molar-refractivity contribution in [1.82, 2.24) is 0 Å². The summed E-state index contributed by atoms with van der Waals surface area (Å²) in [6.07, 6.45) is -10.2. The molecule has 150 valence electrons. The number of rotatable bonds is 7. The molecule has 0 saturated heterocycles. The van der Waals surface area contributed by atoms with E-state index in [0.717, 1.165) is 0 Å². The number of aliphatic carboxylic acids is 1. The van der Waals surface area contributed by atoms with Crippen LogP contribution in [-0.4, -0.2) is 50.8 Å². The molecule has 0 spiro atoms. The summed E-state index contributed by atoms with van der Waals surface area (Å²) in [5.74, 6) is -39.8. The highest BCUT2D eigenvalue weighted by Gasteiger charge is 2.90. The summed E-state index contributed by atoms with van der Waals surface area (Å²) >= 11 is 0.501. The molecule has 0 amide bonds. The predicted octanol–water partition coefficient (Wildman–Crippen LogP) is 5.00. The molecular weight excluding hydrogens is 514 g/mol. The summed E-state index contributed by atoms with van der Waals surface area (Å²) in [5.41, 5.74) is 0. The standard InChI is InChI=1S/C9H4F13IO2/c10-4(11,1-2(23)3(24)25)5(12,13)6(14,15)7(16,17)8(18,19)9(20,21)22/h2H,1H2,(H,24,25). The lowest BCUT2D eigenvalue weighted by Crippen LogP contribution is -2.70. The zero-order valence-electron chi connectivity index (χ0n) is 10.9. The topological polar surface area (TPSA) is 37.3 Å². The Morgan fingerprint density at radius 2 is 1.04 bits per heavy atom. The van der Waals surface area contributed by atoms with E-state index in [2.05, 4.69) is 0 Å². The first-order valence-corrected chi connectivity index (χ1v) is 6.65. The van der Waals surface area contributed by atoms with Crippen molar-refractivity contribution in [3.63, 3.8) is 0 Å². The highest BCUT2D eigenvalue weighted by Crippen LogP contribution is 2.60. The van der Waals surface area contributed by atoms with Gasteiger partial charge in [0, 0.05) is 6.42 Å². The van der Waals surface area contributed by atoms with Crippen LogP contribution in [0.15, 0.2) is 0 Å². The summed E-state index contributed by atoms with van der Waals surface area (Å²) in [7, 11) is 0. The highest BCUT2D eigenvalue weighted by molar-refractivity contribution is 14.1. The molecule has 0 aromatic carbocycles. The van der Waals surface area contributed by atoms with Crippen molar-refractivity contribution in [3.8, 4) is 0 Å². The van der Waals surface area contributed by atoms with Crippen LogP contribution in [0.3, 0.4) is 0 Å². The summed E-state index contributed by atoms with van der Waals surface area (Å²) in [6.45, 7) is 0. The van der Waals surface area contributed by atoms with Crippen LogP contribution in [0.5, 0.6) is 0 Å². The van der Waals surface area contributed by atoms with Crippen LogP contribution in [-0.2, 0) is 4.79 Å². The van der Waals surface area contributed by atoms with Gasteiger partial charge in [-0.15, -0.1) is 0 Å². The highest BCUT2D eigenvalue weighted by atomic mass is 127. The molecule has 16 heteroatoms. The number of hydrogen-bond acceptors (Lipinski definition) is 1. The first-order valence-electron chi connectivity index (χ1n) is 5.40. The zero-order valence-corrected chi connectivity index (χ0v) is 13.1. The SMILES string of the molecule is O=C(O)C(I)CC(F)(F)C(F)(F)C(F)(F)C(F)(F)C(F)(F)C(F)(F)F. The van der Waals surface area contributed by atoms with Crippen LogP contribution in [0.2, 0.25) is 0 Å². The molecule has 0 rings (SSSR count). The molecule has 1 unspecified atom stereocenters. The molecule has 0 aliphatic rings. The van der Waals surface area contributed by atoms with Crippen LogP contribution in [0, 0.1) is 0 Å². The Labute approximate surface area is 142 Å². The fraction of sp³-hybridized carbons (Fsp3) is 0.889. The van der Waals surface area contributed by atoms with E-state index >= 15 is 0 Å². The molecule has 0 saturated carbocycles. The fourth-order valence-electron chi connectivity index (χ4n) is 1.24. The maximum absolute atomic E-state index is 13.2. The van der Waals surface area contributed by atoms with Gasteiger partial charge in [-0.25, -0.2) is 0 Å². The minimum absolute atomic E-state index is 0.501. The van der Waals surface area contributed by atoms with Crippen LogP contribution < -0.4 is 0 Å². The number of halogens is 14. The van der Waals surface area contributed by atoms with E-state index in [1.54, 1.807) is 0 Å². The molecule has 0 aliphatic carbocycles. The molecule has 0 bridgehead atoms. The van der Waals surface area contributed by atoms with E-state index in [4.69, 9.17) is 5.11 Å². The third-order valence-corrected chi connectivity index (χ3v) is 3.68. The Kier molecular flexibility index (Phi) is 6.29. The molecule has 25 heavy (non-hydrogen) atoms. The first kappa shape index (κ1) is 24.3. The van der Waals surface area contributed by atoms with Crippen molar-refractivity contribution in [3.05, 3.63) is 0 Å². The van der Waals surface area contributed by atoms with Gasteiger partial charge in [-0.2, -0.15) is 57.1 Å². The smallest absolute Gasteiger partial charge is 0.460 e. The maximum atomic E-state index is 13.2. The van der Waals surface area contributed by atoms with Crippen LogP contribution in [0.25, 0.3) is 0 Å². The van der Waals surface area contributed by atoms with Gasteiger partial charge >= 0.3 is 41.8 Å². The van der Waals surface area contributed by atoms with Crippen molar-refractivity contribution < 1.29 is 67.0 Å². The lowest BCUT2D eigenvalue weighted by atomic mass is 9.92. The molecule has 0 fully saturated rings. The average molecular weight is 518 g/mol. The van der Waals surface area contributed by atoms with Gasteiger partial charge in [0.2, 0.25) is 0 Å². The Morgan fingerprint density at radius 1 is 0.720 bits per heavy atom. The minimum Gasteiger partial charge on any atom is -0.480 e. The third kappa shape index (κ3) is 3.72. The second-order valence-corrected chi connectivity index (χ2v) is 6.01. The lowest BCUT2D eigenvalue weighted by Gasteiger charge is -2.39. The van der Waals surface area contributed by atoms with Crippen LogP contribution >= 0.6 is 22.6 Å². The number of alkyl halides is 14. The minimum atomic E-state index is -7.98. The first-order chi connectivity index (χ1) is 10.6. The molecule has 1 N–H and O–H groups in total. The van der Waals surface area contributed by atoms with Gasteiger partial charge in [0.05, 0.1) is 0 Å². The second-order valence-electron chi connectivity index (χ2n) is 4.51. The quantitative estimate of drug-likeness (QED) is 0.293. The molecule has 0 aromatic rings. The Balaban J connectivity index is 6.16. The van der Waals surface area contributed by atoms with E-state index < -0.39 is 52.1 Å². The van der Waals surface area contributed by atoms with Gasteiger partial charge in [0.25, 0.3) is 0 Å². The van der Waals surface area contributed by atoms with E-state index in [1.807, 2.05) is 0 Å². The van der Waals surface area contributed by atoms with E-state index in [-0.39, 0.29) is 0 Å².